The third-order valence-corrected chi connectivity index (χ3v) is 9.00. The zero-order chi connectivity index (χ0) is 22.0. The van der Waals surface area contributed by atoms with Gasteiger partial charge in [-0.25, -0.2) is 0 Å². The highest BCUT2D eigenvalue weighted by Crippen LogP contribution is 2.59. The van der Waals surface area contributed by atoms with Gasteiger partial charge in [-0.1, -0.05) is 13.3 Å². The molecule has 3 aliphatic rings. The predicted molar refractivity (Wildman–Crippen MR) is 119 cm³/mol. The Morgan fingerprint density at radius 1 is 1.23 bits per heavy atom. The van der Waals surface area contributed by atoms with Crippen LogP contribution >= 0.6 is 0 Å². The number of aromatic nitrogens is 3. The molecule has 0 spiro atoms. The number of nitrogens with zero attached hydrogens (tertiary/aromatic N) is 3. The second kappa shape index (κ2) is 9.70. The summed E-state index contributed by atoms with van der Waals surface area (Å²) in [6.45, 7) is 5.45. The van der Waals surface area contributed by atoms with Crippen LogP contribution in [-0.2, 0) is 16.1 Å². The van der Waals surface area contributed by atoms with Crippen molar-refractivity contribution in [2.45, 2.75) is 90.7 Å². The summed E-state index contributed by atoms with van der Waals surface area (Å²) < 4.78 is 5.84. The van der Waals surface area contributed by atoms with Crippen LogP contribution in [0.25, 0.3) is 0 Å². The number of aliphatic hydroxyl groups is 1. The number of fused-ring (bicyclic) bond motifs is 3. The van der Waals surface area contributed by atoms with Crippen LogP contribution in [0.15, 0.2) is 6.20 Å². The van der Waals surface area contributed by atoms with Crippen LogP contribution in [-0.4, -0.2) is 45.7 Å². The Balaban J connectivity index is 1.49. The van der Waals surface area contributed by atoms with E-state index in [0.29, 0.717) is 30.2 Å². The molecule has 1 aromatic rings. The van der Waals surface area contributed by atoms with Gasteiger partial charge in [0.1, 0.15) is 6.54 Å². The number of Topliss-reactive ketones (excluding diaryl/α,β-unsaturated/α-hetero) is 1. The van der Waals surface area contributed by atoms with Gasteiger partial charge in [-0.05, 0) is 93.8 Å². The fourth-order valence-corrected chi connectivity index (χ4v) is 7.44. The summed E-state index contributed by atoms with van der Waals surface area (Å²) in [5.41, 5.74) is 1.07. The lowest BCUT2D eigenvalue weighted by Crippen LogP contribution is -2.53. The largest absolute Gasteiger partial charge is 0.393 e. The highest BCUT2D eigenvalue weighted by molar-refractivity contribution is 5.80. The Kier molecular flexibility index (Phi) is 7.17. The van der Waals surface area contributed by atoms with E-state index in [1.54, 1.807) is 11.0 Å². The number of hydrogen-bond acceptors (Lipinski definition) is 5. The molecule has 0 aliphatic heterocycles. The van der Waals surface area contributed by atoms with Gasteiger partial charge >= 0.3 is 0 Å². The zero-order valence-electron chi connectivity index (χ0n) is 19.6. The molecule has 1 unspecified atom stereocenters. The van der Waals surface area contributed by atoms with Crippen LogP contribution in [0.4, 0.5) is 0 Å². The molecule has 3 aliphatic carbocycles. The fraction of sp³-hybridized carbons (Fsp3) is 0.880. The molecule has 0 bridgehead atoms. The number of aliphatic hydroxyl groups excluding tert-OH is 1. The Labute approximate surface area is 187 Å². The van der Waals surface area contributed by atoms with Crippen LogP contribution in [0.5, 0.6) is 0 Å². The topological polar surface area (TPSA) is 77.2 Å². The lowest BCUT2D eigenvalue weighted by Gasteiger charge is -2.57. The molecule has 3 fully saturated rings. The number of aryl methyl sites for hydroxylation is 1. The summed E-state index contributed by atoms with van der Waals surface area (Å²) in [5, 5.41) is 18.9. The Morgan fingerprint density at radius 3 is 2.81 bits per heavy atom. The average Bonchev–Trinajstić information content (AvgIpc) is 3.17. The van der Waals surface area contributed by atoms with Gasteiger partial charge in [0, 0.05) is 13.0 Å². The standard InChI is InChI=1S/C25H41N3O3/c1-17-7-8-19(24(30)15-28-26-14-18(2)27-28)5-4-6-23-22(17)10-9-20-13-21(29)11-12-25(20,23)16-31-3/h14,17,19-23,29H,4-13,15-16H2,1-3H3/t17-,19+,20-,21+,22-,23?,25+/m0/s1. The smallest absolute Gasteiger partial charge is 0.159 e. The molecule has 7 atom stereocenters. The number of carbonyl (C=O) groups excluding carboxylic acids is 1. The van der Waals surface area contributed by atoms with E-state index in [2.05, 4.69) is 17.1 Å². The molecule has 31 heavy (non-hydrogen) atoms. The molecule has 4 rings (SSSR count). The summed E-state index contributed by atoms with van der Waals surface area (Å²) in [7, 11) is 1.85. The first kappa shape index (κ1) is 22.9. The van der Waals surface area contributed by atoms with E-state index in [4.69, 9.17) is 4.74 Å². The van der Waals surface area contributed by atoms with Crippen LogP contribution in [0, 0.1) is 41.9 Å². The minimum atomic E-state index is -0.137. The molecular weight excluding hydrogens is 390 g/mol. The van der Waals surface area contributed by atoms with Gasteiger partial charge < -0.3 is 9.84 Å². The number of carbonyl (C=O) groups is 1. The Hall–Kier alpha value is -1.27. The molecular formula is C25H41N3O3. The van der Waals surface area contributed by atoms with E-state index in [1.165, 1.54) is 19.3 Å². The summed E-state index contributed by atoms with van der Waals surface area (Å²) in [6, 6.07) is 0. The van der Waals surface area contributed by atoms with E-state index in [-0.39, 0.29) is 23.2 Å². The van der Waals surface area contributed by atoms with E-state index < -0.39 is 0 Å². The van der Waals surface area contributed by atoms with E-state index in [1.807, 2.05) is 14.0 Å². The van der Waals surface area contributed by atoms with Crippen molar-refractivity contribution < 1.29 is 14.6 Å². The molecule has 1 aromatic heterocycles. The van der Waals surface area contributed by atoms with Gasteiger partial charge in [-0.3, -0.25) is 4.79 Å². The van der Waals surface area contributed by atoms with Crippen molar-refractivity contribution in [1.29, 1.82) is 0 Å². The van der Waals surface area contributed by atoms with Crippen LogP contribution in [0.2, 0.25) is 0 Å². The van der Waals surface area contributed by atoms with Crippen molar-refractivity contribution in [2.24, 2.45) is 35.0 Å². The summed E-state index contributed by atoms with van der Waals surface area (Å²) >= 11 is 0. The number of ether oxygens (including phenoxy) is 1. The maximum absolute atomic E-state index is 13.1. The lowest BCUT2D eigenvalue weighted by atomic mass is 9.49. The number of ketones is 1. The molecule has 0 aromatic carbocycles. The maximum atomic E-state index is 13.1. The van der Waals surface area contributed by atoms with Crippen molar-refractivity contribution in [3.63, 3.8) is 0 Å². The number of methoxy groups -OCH3 is 1. The van der Waals surface area contributed by atoms with Crippen LogP contribution in [0.1, 0.15) is 76.8 Å². The molecule has 0 saturated heterocycles. The average molecular weight is 432 g/mol. The SMILES string of the molecule is COC[C@]12CC[C@@H](O)C[C@@H]1CC[C@@H]1C2CCC[C@@H](C(=O)Cn2ncc(C)n2)CC[C@@H]1C. The molecule has 6 heteroatoms. The third-order valence-electron chi connectivity index (χ3n) is 9.00. The van der Waals surface area contributed by atoms with Gasteiger partial charge in [0.2, 0.25) is 0 Å². The lowest BCUT2D eigenvalue weighted by molar-refractivity contribution is -0.129. The first-order chi connectivity index (χ1) is 14.9. The summed E-state index contributed by atoms with van der Waals surface area (Å²) in [5.74, 6) is 2.99. The fourth-order valence-electron chi connectivity index (χ4n) is 7.44. The second-order valence-electron chi connectivity index (χ2n) is 10.8. The molecule has 174 valence electrons. The normalized spacial score (nSPS) is 39.0. The third kappa shape index (κ3) is 4.75. The monoisotopic (exact) mass is 431 g/mol. The van der Waals surface area contributed by atoms with E-state index in [0.717, 1.165) is 57.2 Å². The van der Waals surface area contributed by atoms with Crippen LogP contribution in [0.3, 0.4) is 0 Å². The van der Waals surface area contributed by atoms with Gasteiger partial charge in [-0.2, -0.15) is 15.0 Å². The van der Waals surface area contributed by atoms with Crippen LogP contribution < -0.4 is 0 Å². The Bertz CT molecular complexity index is 750. The van der Waals surface area contributed by atoms with Gasteiger partial charge in [-0.15, -0.1) is 0 Å². The highest BCUT2D eigenvalue weighted by Gasteiger charge is 2.54. The molecule has 0 amide bonds. The second-order valence-corrected chi connectivity index (χ2v) is 10.8. The van der Waals surface area contributed by atoms with Crippen molar-refractivity contribution in [3.05, 3.63) is 11.9 Å². The Morgan fingerprint density at radius 2 is 2.06 bits per heavy atom. The summed E-state index contributed by atoms with van der Waals surface area (Å²) in [6.07, 6.45) is 12.4. The minimum Gasteiger partial charge on any atom is -0.393 e. The highest BCUT2D eigenvalue weighted by atomic mass is 16.5. The van der Waals surface area contributed by atoms with Crippen molar-refractivity contribution in [1.82, 2.24) is 15.0 Å². The predicted octanol–water partition coefficient (Wildman–Crippen LogP) is 4.19. The first-order valence-electron chi connectivity index (χ1n) is 12.5. The van der Waals surface area contributed by atoms with Crippen molar-refractivity contribution in [3.8, 4) is 0 Å². The number of hydrogen-bond donors (Lipinski definition) is 1. The number of rotatable bonds is 5. The van der Waals surface area contributed by atoms with Gasteiger partial charge in [0.15, 0.2) is 5.78 Å². The quantitative estimate of drug-likeness (QED) is 0.756. The van der Waals surface area contributed by atoms with Crippen molar-refractivity contribution >= 4 is 5.78 Å². The minimum absolute atomic E-state index is 0.122. The molecule has 0 radical (unpaired) electrons. The van der Waals surface area contributed by atoms with Gasteiger partial charge in [0.25, 0.3) is 0 Å². The summed E-state index contributed by atoms with van der Waals surface area (Å²) in [4.78, 5) is 14.6. The maximum Gasteiger partial charge on any atom is 0.159 e. The molecule has 1 heterocycles. The molecule has 6 nitrogen and oxygen atoms in total. The van der Waals surface area contributed by atoms with E-state index >= 15 is 0 Å². The first-order valence-corrected chi connectivity index (χ1v) is 12.5. The molecule has 1 N–H and O–H groups in total. The zero-order valence-corrected chi connectivity index (χ0v) is 19.6. The van der Waals surface area contributed by atoms with Crippen molar-refractivity contribution in [2.75, 3.05) is 13.7 Å². The van der Waals surface area contributed by atoms with Gasteiger partial charge in [0.05, 0.1) is 24.6 Å². The molecule has 3 saturated carbocycles. The van der Waals surface area contributed by atoms with E-state index in [9.17, 15) is 9.90 Å².